The molecule has 3 N–H and O–H groups in total. The van der Waals surface area contributed by atoms with Crippen LogP contribution in [0.3, 0.4) is 0 Å². The lowest BCUT2D eigenvalue weighted by Crippen LogP contribution is -2.04. The minimum absolute atomic E-state index is 0.491. The van der Waals surface area contributed by atoms with E-state index >= 15 is 0 Å². The molecule has 0 aliphatic heterocycles. The van der Waals surface area contributed by atoms with Crippen molar-refractivity contribution < 1.29 is 4.74 Å². The molecule has 1 aliphatic rings. The molecule has 4 nitrogen and oxygen atoms in total. The van der Waals surface area contributed by atoms with E-state index < -0.39 is 0 Å². The third kappa shape index (κ3) is 1.83. The number of nitrogens with two attached hydrogens (primary N) is 1. The van der Waals surface area contributed by atoms with Crippen molar-refractivity contribution in [2.24, 2.45) is 0 Å². The van der Waals surface area contributed by atoms with E-state index in [1.165, 1.54) is 12.8 Å². The second-order valence-corrected chi connectivity index (χ2v) is 3.21. The number of rotatable bonds is 3. The largest absolute Gasteiger partial charge is 0.479 e. The first kappa shape index (κ1) is 8.16. The second kappa shape index (κ2) is 3.12. The highest BCUT2D eigenvalue weighted by Gasteiger charge is 2.21. The maximum atomic E-state index is 5.63. The van der Waals surface area contributed by atoms with Crippen LogP contribution in [-0.2, 0) is 0 Å². The summed E-state index contributed by atoms with van der Waals surface area (Å²) in [5.74, 6) is 1.33. The van der Waals surface area contributed by atoms with E-state index in [1.54, 1.807) is 13.2 Å². The Hall–Kier alpha value is -1.45. The van der Waals surface area contributed by atoms with Crippen LogP contribution in [0.5, 0.6) is 5.88 Å². The first-order valence-corrected chi connectivity index (χ1v) is 4.36. The minimum Gasteiger partial charge on any atom is -0.479 e. The number of anilines is 2. The Balaban J connectivity index is 2.16. The maximum absolute atomic E-state index is 5.63. The molecule has 0 unspecified atom stereocenters. The van der Waals surface area contributed by atoms with Gasteiger partial charge in [0.15, 0.2) is 0 Å². The van der Waals surface area contributed by atoms with E-state index in [4.69, 9.17) is 10.5 Å². The van der Waals surface area contributed by atoms with Crippen LogP contribution in [0, 0.1) is 0 Å². The smallest absolute Gasteiger partial charge is 0.238 e. The summed E-state index contributed by atoms with van der Waals surface area (Å²) >= 11 is 0. The molecule has 1 saturated carbocycles. The van der Waals surface area contributed by atoms with Crippen LogP contribution >= 0.6 is 0 Å². The summed E-state index contributed by atoms with van der Waals surface area (Å²) in [7, 11) is 1.57. The van der Waals surface area contributed by atoms with Crippen molar-refractivity contribution in [3.63, 3.8) is 0 Å². The molecule has 1 heterocycles. The molecule has 0 radical (unpaired) electrons. The lowest BCUT2D eigenvalue weighted by molar-refractivity contribution is 0.401. The zero-order valence-electron chi connectivity index (χ0n) is 7.58. The van der Waals surface area contributed by atoms with Crippen molar-refractivity contribution in [3.8, 4) is 5.88 Å². The maximum Gasteiger partial charge on any atom is 0.238 e. The van der Waals surface area contributed by atoms with E-state index in [9.17, 15) is 0 Å². The number of ether oxygens (including phenoxy) is 1. The molecule has 1 aromatic heterocycles. The van der Waals surface area contributed by atoms with Crippen molar-refractivity contribution >= 4 is 11.5 Å². The molecule has 0 amide bonds. The van der Waals surface area contributed by atoms with Crippen molar-refractivity contribution in [3.05, 3.63) is 12.1 Å². The van der Waals surface area contributed by atoms with Gasteiger partial charge in [-0.25, -0.2) is 0 Å². The van der Waals surface area contributed by atoms with Crippen LogP contribution in [0.1, 0.15) is 12.8 Å². The van der Waals surface area contributed by atoms with Crippen molar-refractivity contribution in [1.29, 1.82) is 0 Å². The zero-order chi connectivity index (χ0) is 9.26. The van der Waals surface area contributed by atoms with Crippen molar-refractivity contribution in [2.75, 3.05) is 18.2 Å². The fourth-order valence-corrected chi connectivity index (χ4v) is 1.13. The van der Waals surface area contributed by atoms with E-state index in [0.717, 1.165) is 5.82 Å². The minimum atomic E-state index is 0.491. The van der Waals surface area contributed by atoms with Gasteiger partial charge in [-0.05, 0) is 25.0 Å². The molecule has 70 valence electrons. The van der Waals surface area contributed by atoms with E-state index in [0.29, 0.717) is 17.6 Å². The Morgan fingerprint density at radius 1 is 1.54 bits per heavy atom. The van der Waals surface area contributed by atoms with Gasteiger partial charge in [0.05, 0.1) is 12.8 Å². The third-order valence-electron chi connectivity index (χ3n) is 2.01. The number of nitrogens with zero attached hydrogens (tertiary/aromatic N) is 1. The molecular weight excluding hydrogens is 166 g/mol. The van der Waals surface area contributed by atoms with Gasteiger partial charge < -0.3 is 15.8 Å². The number of nitrogens with one attached hydrogen (secondary N) is 1. The average molecular weight is 179 g/mol. The summed E-state index contributed by atoms with van der Waals surface area (Å²) < 4.78 is 5.01. The monoisotopic (exact) mass is 179 g/mol. The lowest BCUT2D eigenvalue weighted by Gasteiger charge is -2.07. The van der Waals surface area contributed by atoms with Crippen molar-refractivity contribution in [1.82, 2.24) is 4.98 Å². The van der Waals surface area contributed by atoms with Gasteiger partial charge >= 0.3 is 0 Å². The van der Waals surface area contributed by atoms with Gasteiger partial charge in [-0.1, -0.05) is 0 Å². The zero-order valence-corrected chi connectivity index (χ0v) is 7.58. The predicted molar refractivity (Wildman–Crippen MR) is 51.8 cm³/mol. The van der Waals surface area contributed by atoms with Crippen LogP contribution in [0.2, 0.25) is 0 Å². The molecule has 1 aromatic rings. The van der Waals surface area contributed by atoms with Crippen LogP contribution in [0.4, 0.5) is 11.5 Å². The molecule has 0 aromatic carbocycles. The lowest BCUT2D eigenvalue weighted by atomic mass is 10.4. The molecule has 4 heteroatoms. The van der Waals surface area contributed by atoms with Gasteiger partial charge in [0, 0.05) is 6.04 Å². The second-order valence-electron chi connectivity index (χ2n) is 3.21. The van der Waals surface area contributed by atoms with Crippen LogP contribution in [0.25, 0.3) is 0 Å². The number of nitrogen functional groups attached to an aromatic ring is 1. The van der Waals surface area contributed by atoms with Crippen molar-refractivity contribution in [2.45, 2.75) is 18.9 Å². The standard InChI is InChI=1S/C9H13N3O/c1-13-9-7(10)4-5-8(12-9)11-6-2-3-6/h4-6H,2-3,10H2,1H3,(H,11,12). The average Bonchev–Trinajstić information content (AvgIpc) is 2.92. The number of methoxy groups -OCH3 is 1. The Morgan fingerprint density at radius 3 is 2.92 bits per heavy atom. The Labute approximate surface area is 77.1 Å². The highest BCUT2D eigenvalue weighted by molar-refractivity contribution is 5.54. The van der Waals surface area contributed by atoms with Gasteiger partial charge in [-0.15, -0.1) is 0 Å². The highest BCUT2D eigenvalue weighted by atomic mass is 16.5. The van der Waals surface area contributed by atoms with Gasteiger partial charge in [0.25, 0.3) is 0 Å². The molecule has 13 heavy (non-hydrogen) atoms. The first-order valence-electron chi connectivity index (χ1n) is 4.36. The fraction of sp³-hybridized carbons (Fsp3) is 0.444. The molecule has 0 spiro atoms. The SMILES string of the molecule is COc1nc(NC2CC2)ccc1N. The number of pyridine rings is 1. The van der Waals surface area contributed by atoms with E-state index in [2.05, 4.69) is 10.3 Å². The van der Waals surface area contributed by atoms with Gasteiger partial charge in [0.1, 0.15) is 5.82 Å². The van der Waals surface area contributed by atoms with Gasteiger partial charge in [-0.2, -0.15) is 4.98 Å². The molecule has 1 aliphatic carbocycles. The molecule has 0 atom stereocenters. The summed E-state index contributed by atoms with van der Waals surface area (Å²) in [4.78, 5) is 4.21. The predicted octanol–water partition coefficient (Wildman–Crippen LogP) is 1.25. The number of hydrogen-bond donors (Lipinski definition) is 2. The summed E-state index contributed by atoms with van der Waals surface area (Å²) in [5, 5.41) is 3.27. The Morgan fingerprint density at radius 2 is 2.31 bits per heavy atom. The third-order valence-corrected chi connectivity index (χ3v) is 2.01. The summed E-state index contributed by atoms with van der Waals surface area (Å²) in [6.07, 6.45) is 2.46. The summed E-state index contributed by atoms with van der Waals surface area (Å²) in [5.41, 5.74) is 6.20. The highest BCUT2D eigenvalue weighted by Crippen LogP contribution is 2.26. The summed E-state index contributed by atoms with van der Waals surface area (Å²) in [6.45, 7) is 0. The first-order chi connectivity index (χ1) is 6.29. The van der Waals surface area contributed by atoms with Gasteiger partial charge in [-0.3, -0.25) is 0 Å². The number of aromatic nitrogens is 1. The number of hydrogen-bond acceptors (Lipinski definition) is 4. The van der Waals surface area contributed by atoms with E-state index in [1.807, 2.05) is 6.07 Å². The topological polar surface area (TPSA) is 60.2 Å². The van der Waals surface area contributed by atoms with Crippen LogP contribution in [-0.4, -0.2) is 18.1 Å². The van der Waals surface area contributed by atoms with Crippen LogP contribution in [0.15, 0.2) is 12.1 Å². The molecular formula is C9H13N3O. The Kier molecular flexibility index (Phi) is 1.96. The normalized spacial score (nSPS) is 15.5. The molecule has 2 rings (SSSR count). The molecule has 0 saturated heterocycles. The molecule has 1 fully saturated rings. The quantitative estimate of drug-likeness (QED) is 0.733. The fourth-order valence-electron chi connectivity index (χ4n) is 1.13. The van der Waals surface area contributed by atoms with Gasteiger partial charge in [0.2, 0.25) is 5.88 Å². The van der Waals surface area contributed by atoms with Crippen LogP contribution < -0.4 is 15.8 Å². The van der Waals surface area contributed by atoms with E-state index in [-0.39, 0.29) is 0 Å². The Bertz CT molecular complexity index is 310. The summed E-state index contributed by atoms with van der Waals surface area (Å²) in [6, 6.07) is 4.27. The molecule has 0 bridgehead atoms.